The first-order valence-corrected chi connectivity index (χ1v) is 5.88. The Balaban J connectivity index is 2.07. The maximum absolute atomic E-state index is 11.7. The van der Waals surface area contributed by atoms with Crippen LogP contribution in [0.2, 0.25) is 0 Å². The molecule has 3 rings (SSSR count). The van der Waals surface area contributed by atoms with Crippen LogP contribution in [0.5, 0.6) is 0 Å². The van der Waals surface area contributed by atoms with E-state index in [1.54, 1.807) is 6.07 Å². The number of nitrogens with two attached hydrogens (primary N) is 1. The Labute approximate surface area is 110 Å². The van der Waals surface area contributed by atoms with Crippen LogP contribution in [0, 0.1) is 0 Å². The molecule has 19 heavy (non-hydrogen) atoms. The van der Waals surface area contributed by atoms with Crippen molar-refractivity contribution in [3.8, 4) is 0 Å². The van der Waals surface area contributed by atoms with Crippen molar-refractivity contribution in [1.29, 1.82) is 0 Å². The van der Waals surface area contributed by atoms with Gasteiger partial charge in [0, 0.05) is 0 Å². The van der Waals surface area contributed by atoms with Crippen molar-refractivity contribution in [2.24, 2.45) is 5.84 Å². The molecular weight excluding hydrogens is 242 g/mol. The number of nitrogens with zero attached hydrogens (tertiary/aromatic N) is 2. The number of anilines is 4. The summed E-state index contributed by atoms with van der Waals surface area (Å²) in [5.74, 6) is 6.53. The molecular formula is C13H13N5O. The van der Waals surface area contributed by atoms with Gasteiger partial charge in [-0.05, 0) is 24.3 Å². The van der Waals surface area contributed by atoms with Crippen molar-refractivity contribution < 1.29 is 4.79 Å². The molecule has 1 aromatic carbocycles. The lowest BCUT2D eigenvalue weighted by Gasteiger charge is -2.30. The van der Waals surface area contributed by atoms with Gasteiger partial charge in [0.05, 0.1) is 11.4 Å². The van der Waals surface area contributed by atoms with Crippen LogP contribution in [0.15, 0.2) is 42.5 Å². The molecule has 2 aromatic rings. The Hall–Kier alpha value is -2.60. The molecule has 1 aliphatic heterocycles. The van der Waals surface area contributed by atoms with Gasteiger partial charge in [-0.25, -0.2) is 10.8 Å². The molecule has 4 N–H and O–H groups in total. The molecule has 0 saturated carbocycles. The quantitative estimate of drug-likeness (QED) is 0.559. The van der Waals surface area contributed by atoms with E-state index in [9.17, 15) is 4.79 Å². The molecule has 0 fully saturated rings. The molecule has 1 aromatic heterocycles. The van der Waals surface area contributed by atoms with E-state index in [0.29, 0.717) is 11.6 Å². The zero-order valence-electron chi connectivity index (χ0n) is 10.1. The Bertz CT molecular complexity index is 628. The van der Waals surface area contributed by atoms with Crippen molar-refractivity contribution in [1.82, 2.24) is 4.98 Å². The SMILES string of the molecule is NNc1cccc(N2CC(=O)Nc3ccccc32)n1. The predicted octanol–water partition coefficient (Wildman–Crippen LogP) is 1.46. The molecule has 96 valence electrons. The van der Waals surface area contributed by atoms with Gasteiger partial charge in [0.15, 0.2) is 0 Å². The van der Waals surface area contributed by atoms with Crippen LogP contribution < -0.4 is 21.5 Å². The molecule has 0 unspecified atom stereocenters. The topological polar surface area (TPSA) is 83.3 Å². The molecule has 0 radical (unpaired) electrons. The average molecular weight is 255 g/mol. The molecule has 1 amide bonds. The fourth-order valence-corrected chi connectivity index (χ4v) is 2.09. The van der Waals surface area contributed by atoms with E-state index in [2.05, 4.69) is 15.7 Å². The van der Waals surface area contributed by atoms with Crippen LogP contribution in [0.3, 0.4) is 0 Å². The minimum Gasteiger partial charge on any atom is -0.323 e. The van der Waals surface area contributed by atoms with Gasteiger partial charge >= 0.3 is 0 Å². The van der Waals surface area contributed by atoms with Gasteiger partial charge in [-0.2, -0.15) is 0 Å². The standard InChI is InChI=1S/C13H13N5O/c14-17-11-6-3-7-12(16-11)18-8-13(19)15-9-4-1-2-5-10(9)18/h1-7H,8,14H2,(H,15,19)(H,16,17). The highest BCUT2D eigenvalue weighted by Crippen LogP contribution is 2.33. The summed E-state index contributed by atoms with van der Waals surface area (Å²) in [4.78, 5) is 18.0. The molecule has 6 heteroatoms. The van der Waals surface area contributed by atoms with Gasteiger partial charge in [0.1, 0.15) is 18.2 Å². The first-order chi connectivity index (χ1) is 9.28. The summed E-state index contributed by atoms with van der Waals surface area (Å²) in [6.07, 6.45) is 0. The van der Waals surface area contributed by atoms with Gasteiger partial charge in [0.2, 0.25) is 5.91 Å². The minimum absolute atomic E-state index is 0.0633. The fraction of sp³-hybridized carbons (Fsp3) is 0.0769. The van der Waals surface area contributed by atoms with Crippen LogP contribution in [-0.4, -0.2) is 17.4 Å². The number of hydrogen-bond acceptors (Lipinski definition) is 5. The summed E-state index contributed by atoms with van der Waals surface area (Å²) in [6, 6.07) is 13.1. The van der Waals surface area contributed by atoms with Gasteiger partial charge in [0.25, 0.3) is 0 Å². The number of para-hydroxylation sites is 2. The fourth-order valence-electron chi connectivity index (χ4n) is 2.09. The van der Waals surface area contributed by atoms with E-state index in [1.807, 2.05) is 41.3 Å². The van der Waals surface area contributed by atoms with Crippen molar-refractivity contribution in [2.75, 3.05) is 22.2 Å². The second-order valence-corrected chi connectivity index (χ2v) is 4.18. The first kappa shape index (κ1) is 11.5. The number of nitrogen functional groups attached to an aromatic ring is 1. The highest BCUT2D eigenvalue weighted by Gasteiger charge is 2.23. The van der Waals surface area contributed by atoms with E-state index in [-0.39, 0.29) is 12.5 Å². The van der Waals surface area contributed by atoms with E-state index < -0.39 is 0 Å². The van der Waals surface area contributed by atoms with Crippen LogP contribution in [-0.2, 0) is 4.79 Å². The summed E-state index contributed by atoms with van der Waals surface area (Å²) >= 11 is 0. The highest BCUT2D eigenvalue weighted by atomic mass is 16.2. The highest BCUT2D eigenvalue weighted by molar-refractivity contribution is 6.02. The van der Waals surface area contributed by atoms with Crippen LogP contribution in [0.1, 0.15) is 0 Å². The zero-order valence-corrected chi connectivity index (χ0v) is 10.1. The Morgan fingerprint density at radius 2 is 2.05 bits per heavy atom. The van der Waals surface area contributed by atoms with Crippen molar-refractivity contribution >= 4 is 28.9 Å². The Kier molecular flexibility index (Phi) is 2.77. The number of carbonyl (C=O) groups is 1. The molecule has 0 aliphatic carbocycles. The molecule has 0 spiro atoms. The molecule has 2 heterocycles. The summed E-state index contributed by atoms with van der Waals surface area (Å²) in [7, 11) is 0. The number of aromatic nitrogens is 1. The molecule has 6 nitrogen and oxygen atoms in total. The maximum Gasteiger partial charge on any atom is 0.244 e. The number of benzene rings is 1. The second kappa shape index (κ2) is 4.58. The molecule has 0 bridgehead atoms. The smallest absolute Gasteiger partial charge is 0.244 e. The maximum atomic E-state index is 11.7. The number of amides is 1. The predicted molar refractivity (Wildman–Crippen MR) is 74.1 cm³/mol. The normalized spacial score (nSPS) is 13.7. The van der Waals surface area contributed by atoms with Gasteiger partial charge in [-0.3, -0.25) is 4.79 Å². The molecule has 0 atom stereocenters. The number of hydrazine groups is 1. The van der Waals surface area contributed by atoms with E-state index in [4.69, 9.17) is 5.84 Å². The average Bonchev–Trinajstić information content (AvgIpc) is 2.46. The number of rotatable bonds is 2. The summed E-state index contributed by atoms with van der Waals surface area (Å²) in [5.41, 5.74) is 4.21. The lowest BCUT2D eigenvalue weighted by Crippen LogP contribution is -2.35. The number of nitrogens with one attached hydrogen (secondary N) is 2. The minimum atomic E-state index is -0.0633. The monoisotopic (exact) mass is 255 g/mol. The lowest BCUT2D eigenvalue weighted by molar-refractivity contribution is -0.115. The van der Waals surface area contributed by atoms with E-state index in [1.165, 1.54) is 0 Å². The van der Waals surface area contributed by atoms with Gasteiger partial charge in [-0.1, -0.05) is 18.2 Å². The zero-order chi connectivity index (χ0) is 13.2. The molecule has 1 aliphatic rings. The van der Waals surface area contributed by atoms with E-state index in [0.717, 1.165) is 11.4 Å². The van der Waals surface area contributed by atoms with Crippen molar-refractivity contribution in [3.05, 3.63) is 42.5 Å². The summed E-state index contributed by atoms with van der Waals surface area (Å²) in [5, 5.41) is 2.84. The number of fused-ring (bicyclic) bond motifs is 1. The van der Waals surface area contributed by atoms with Crippen LogP contribution in [0.25, 0.3) is 0 Å². The second-order valence-electron chi connectivity index (χ2n) is 4.18. The number of pyridine rings is 1. The molecule has 0 saturated heterocycles. The largest absolute Gasteiger partial charge is 0.323 e. The third-order valence-electron chi connectivity index (χ3n) is 2.93. The Morgan fingerprint density at radius 3 is 2.89 bits per heavy atom. The van der Waals surface area contributed by atoms with Crippen LogP contribution >= 0.6 is 0 Å². The van der Waals surface area contributed by atoms with Crippen LogP contribution in [0.4, 0.5) is 23.0 Å². The van der Waals surface area contributed by atoms with Crippen molar-refractivity contribution in [3.63, 3.8) is 0 Å². The summed E-state index contributed by atoms with van der Waals surface area (Å²) in [6.45, 7) is 0.234. The van der Waals surface area contributed by atoms with E-state index >= 15 is 0 Å². The van der Waals surface area contributed by atoms with Gasteiger partial charge in [-0.15, -0.1) is 0 Å². The Morgan fingerprint density at radius 1 is 1.21 bits per heavy atom. The third kappa shape index (κ3) is 2.09. The van der Waals surface area contributed by atoms with Crippen molar-refractivity contribution in [2.45, 2.75) is 0 Å². The first-order valence-electron chi connectivity index (χ1n) is 5.88. The summed E-state index contributed by atoms with van der Waals surface area (Å²) < 4.78 is 0. The number of hydrogen-bond donors (Lipinski definition) is 3. The number of carbonyl (C=O) groups excluding carboxylic acids is 1. The lowest BCUT2D eigenvalue weighted by atomic mass is 10.2. The third-order valence-corrected chi connectivity index (χ3v) is 2.93. The van der Waals surface area contributed by atoms with Gasteiger partial charge < -0.3 is 15.6 Å².